The van der Waals surface area contributed by atoms with Gasteiger partial charge >= 0.3 is 5.97 Å². The molecule has 1 aromatic rings. The van der Waals surface area contributed by atoms with E-state index in [1.165, 1.54) is 18.2 Å². The van der Waals surface area contributed by atoms with Crippen LogP contribution in [-0.4, -0.2) is 44.8 Å². The number of aromatic carboxylic acids is 1. The third kappa shape index (κ3) is 5.43. The maximum absolute atomic E-state index is 13.0. The number of hydrogen-bond donors (Lipinski definition) is 3. The molecular weight excluding hydrogens is 368 g/mol. The molecule has 0 spiro atoms. The minimum atomic E-state index is -3.83. The number of nitrogens with one attached hydrogen (secondary N) is 2. The molecule has 0 radical (unpaired) electrons. The van der Waals surface area contributed by atoms with Gasteiger partial charge in [0.1, 0.15) is 4.90 Å². The van der Waals surface area contributed by atoms with Crippen LogP contribution < -0.4 is 10.0 Å². The lowest BCUT2D eigenvalue weighted by atomic mass is 10.1. The van der Waals surface area contributed by atoms with Crippen LogP contribution in [0.4, 0.5) is 5.69 Å². The second kappa shape index (κ2) is 9.03. The number of sulfonamides is 1. The molecule has 0 bridgehead atoms. The summed E-state index contributed by atoms with van der Waals surface area (Å²) in [7, 11) is -3.83. The zero-order chi connectivity index (χ0) is 19.3. The molecular formula is C19H28N2O5S. The molecule has 1 aliphatic carbocycles. The molecule has 150 valence electrons. The van der Waals surface area contributed by atoms with E-state index in [1.807, 2.05) is 0 Å². The van der Waals surface area contributed by atoms with Gasteiger partial charge < -0.3 is 15.2 Å². The number of ether oxygens (including phenoxy) is 1. The average Bonchev–Trinajstić information content (AvgIpc) is 3.03. The van der Waals surface area contributed by atoms with Crippen molar-refractivity contribution in [2.45, 2.75) is 68.4 Å². The van der Waals surface area contributed by atoms with Crippen LogP contribution in [0.5, 0.6) is 0 Å². The molecule has 2 aliphatic rings. The second-order valence-electron chi connectivity index (χ2n) is 7.34. The highest BCUT2D eigenvalue weighted by molar-refractivity contribution is 7.89. The van der Waals surface area contributed by atoms with E-state index < -0.39 is 16.0 Å². The Hall–Kier alpha value is -1.64. The SMILES string of the molecule is O=C(O)c1ccc(NC[C@H]2CCCO2)c(S(=O)(=O)NC2CCCCCC2)c1. The molecule has 1 aliphatic heterocycles. The molecule has 27 heavy (non-hydrogen) atoms. The standard InChI is InChI=1S/C19H28N2O5S/c22-19(23)14-9-10-17(20-13-16-8-5-11-26-16)18(12-14)27(24,25)21-15-6-3-1-2-4-7-15/h9-10,12,15-16,20-21H,1-8,11,13H2,(H,22,23)/t16-/m1/s1. The fraction of sp³-hybridized carbons (Fsp3) is 0.632. The van der Waals surface area contributed by atoms with Crippen molar-refractivity contribution in [1.29, 1.82) is 0 Å². The lowest BCUT2D eigenvalue weighted by molar-refractivity contribution is 0.0696. The summed E-state index contributed by atoms with van der Waals surface area (Å²) in [5.74, 6) is -1.15. The Labute approximate surface area is 160 Å². The van der Waals surface area contributed by atoms with Crippen molar-refractivity contribution in [3.63, 3.8) is 0 Å². The normalized spacial score (nSPS) is 21.7. The summed E-state index contributed by atoms with van der Waals surface area (Å²) >= 11 is 0. The van der Waals surface area contributed by atoms with Crippen LogP contribution in [-0.2, 0) is 14.8 Å². The van der Waals surface area contributed by atoms with Gasteiger partial charge in [-0.1, -0.05) is 25.7 Å². The fourth-order valence-electron chi connectivity index (χ4n) is 3.73. The van der Waals surface area contributed by atoms with Crippen molar-refractivity contribution < 1.29 is 23.1 Å². The number of hydrogen-bond acceptors (Lipinski definition) is 5. The van der Waals surface area contributed by atoms with Crippen LogP contribution in [0.3, 0.4) is 0 Å². The van der Waals surface area contributed by atoms with E-state index in [0.29, 0.717) is 12.2 Å². The highest BCUT2D eigenvalue weighted by atomic mass is 32.2. The Morgan fingerprint density at radius 3 is 2.48 bits per heavy atom. The highest BCUT2D eigenvalue weighted by Crippen LogP contribution is 2.26. The Bertz CT molecular complexity index is 751. The molecule has 3 rings (SSSR count). The molecule has 0 amide bonds. The maximum Gasteiger partial charge on any atom is 0.335 e. The van der Waals surface area contributed by atoms with E-state index in [4.69, 9.17) is 4.74 Å². The topological polar surface area (TPSA) is 105 Å². The number of anilines is 1. The van der Waals surface area contributed by atoms with Crippen molar-refractivity contribution in [2.75, 3.05) is 18.5 Å². The predicted octanol–water partition coefficient (Wildman–Crippen LogP) is 2.98. The van der Waals surface area contributed by atoms with Gasteiger partial charge in [-0.2, -0.15) is 0 Å². The van der Waals surface area contributed by atoms with Gasteiger partial charge in [0, 0.05) is 19.2 Å². The lowest BCUT2D eigenvalue weighted by Crippen LogP contribution is -2.35. The Kier molecular flexibility index (Phi) is 6.73. The number of carbonyl (C=O) groups is 1. The number of rotatable bonds is 7. The van der Waals surface area contributed by atoms with Gasteiger partial charge in [0.05, 0.1) is 17.4 Å². The summed E-state index contributed by atoms with van der Waals surface area (Å²) in [6, 6.07) is 4.08. The summed E-state index contributed by atoms with van der Waals surface area (Å²) in [6.07, 6.45) is 7.88. The van der Waals surface area contributed by atoms with Gasteiger partial charge in [-0.05, 0) is 43.9 Å². The third-order valence-corrected chi connectivity index (χ3v) is 6.80. The minimum Gasteiger partial charge on any atom is -0.478 e. The largest absolute Gasteiger partial charge is 0.478 e. The van der Waals surface area contributed by atoms with Crippen LogP contribution in [0.15, 0.2) is 23.1 Å². The third-order valence-electron chi connectivity index (χ3n) is 5.24. The summed E-state index contributed by atoms with van der Waals surface area (Å²) in [4.78, 5) is 11.3. The molecule has 0 unspecified atom stereocenters. The molecule has 1 saturated carbocycles. The molecule has 1 aromatic carbocycles. The van der Waals surface area contributed by atoms with Gasteiger partial charge in [0.15, 0.2) is 0 Å². The van der Waals surface area contributed by atoms with Crippen LogP contribution in [0.2, 0.25) is 0 Å². The molecule has 1 heterocycles. The van der Waals surface area contributed by atoms with Crippen LogP contribution in [0.25, 0.3) is 0 Å². The minimum absolute atomic E-state index is 0.00959. The van der Waals surface area contributed by atoms with Crippen molar-refractivity contribution in [1.82, 2.24) is 4.72 Å². The van der Waals surface area contributed by atoms with Gasteiger partial charge in [-0.3, -0.25) is 0 Å². The molecule has 3 N–H and O–H groups in total. The van der Waals surface area contributed by atoms with E-state index >= 15 is 0 Å². The van der Waals surface area contributed by atoms with Crippen molar-refractivity contribution in [3.05, 3.63) is 23.8 Å². The molecule has 8 heteroatoms. The van der Waals surface area contributed by atoms with E-state index in [2.05, 4.69) is 10.0 Å². The van der Waals surface area contributed by atoms with Gasteiger partial charge in [-0.25, -0.2) is 17.9 Å². The number of carboxylic acids is 1. The van der Waals surface area contributed by atoms with E-state index in [1.54, 1.807) is 0 Å². The van der Waals surface area contributed by atoms with Gasteiger partial charge in [-0.15, -0.1) is 0 Å². The quantitative estimate of drug-likeness (QED) is 0.612. The zero-order valence-corrected chi connectivity index (χ0v) is 16.3. The Morgan fingerprint density at radius 2 is 1.85 bits per heavy atom. The first-order chi connectivity index (χ1) is 13.0. The summed E-state index contributed by atoms with van der Waals surface area (Å²) in [6.45, 7) is 1.22. The van der Waals surface area contributed by atoms with Crippen LogP contribution >= 0.6 is 0 Å². The van der Waals surface area contributed by atoms with Crippen molar-refractivity contribution >= 4 is 21.7 Å². The van der Waals surface area contributed by atoms with Crippen molar-refractivity contribution in [2.24, 2.45) is 0 Å². The fourth-order valence-corrected chi connectivity index (χ4v) is 5.25. The number of carboxylic acid groups (broad SMARTS) is 1. The highest BCUT2D eigenvalue weighted by Gasteiger charge is 2.25. The molecule has 1 atom stereocenters. The zero-order valence-electron chi connectivity index (χ0n) is 15.4. The summed E-state index contributed by atoms with van der Waals surface area (Å²) in [5.41, 5.74) is 0.371. The van der Waals surface area contributed by atoms with E-state index in [9.17, 15) is 18.3 Å². The molecule has 2 fully saturated rings. The molecule has 0 aromatic heterocycles. The summed E-state index contributed by atoms with van der Waals surface area (Å²) < 4.78 is 34.4. The van der Waals surface area contributed by atoms with Gasteiger partial charge in [0.25, 0.3) is 0 Å². The van der Waals surface area contributed by atoms with E-state index in [0.717, 1.165) is 58.0 Å². The molecule has 7 nitrogen and oxygen atoms in total. The Morgan fingerprint density at radius 1 is 1.11 bits per heavy atom. The average molecular weight is 397 g/mol. The first-order valence-corrected chi connectivity index (χ1v) is 11.2. The second-order valence-corrected chi connectivity index (χ2v) is 9.02. The van der Waals surface area contributed by atoms with E-state index in [-0.39, 0.29) is 22.6 Å². The monoisotopic (exact) mass is 396 g/mol. The van der Waals surface area contributed by atoms with Crippen molar-refractivity contribution in [3.8, 4) is 0 Å². The first-order valence-electron chi connectivity index (χ1n) is 9.71. The van der Waals surface area contributed by atoms with Gasteiger partial charge in [0.2, 0.25) is 10.0 Å². The Balaban J connectivity index is 1.82. The predicted molar refractivity (Wildman–Crippen MR) is 103 cm³/mol. The lowest BCUT2D eigenvalue weighted by Gasteiger charge is -2.20. The summed E-state index contributed by atoms with van der Waals surface area (Å²) in [5, 5.41) is 12.4. The maximum atomic E-state index is 13.0. The first kappa shape index (κ1) is 20.1. The smallest absolute Gasteiger partial charge is 0.335 e. The molecule has 1 saturated heterocycles. The number of benzene rings is 1. The van der Waals surface area contributed by atoms with Crippen LogP contribution in [0, 0.1) is 0 Å². The van der Waals surface area contributed by atoms with Crippen LogP contribution in [0.1, 0.15) is 61.7 Å².